The van der Waals surface area contributed by atoms with E-state index in [2.05, 4.69) is 15.4 Å². The van der Waals surface area contributed by atoms with Gasteiger partial charge < -0.3 is 14.5 Å². The summed E-state index contributed by atoms with van der Waals surface area (Å²) in [6, 6.07) is 5.89. The van der Waals surface area contributed by atoms with Gasteiger partial charge in [0.15, 0.2) is 0 Å². The highest BCUT2D eigenvalue weighted by Gasteiger charge is 2.34. The van der Waals surface area contributed by atoms with E-state index in [0.717, 1.165) is 29.7 Å². The molecule has 1 N–H and O–H groups in total. The molecule has 4 rings (SSSR count). The molecule has 2 atom stereocenters. The maximum Gasteiger partial charge on any atom is 0.226 e. The third-order valence-electron chi connectivity index (χ3n) is 4.74. The number of rotatable bonds is 4. The van der Waals surface area contributed by atoms with Crippen LogP contribution in [0.1, 0.15) is 30.2 Å². The Kier molecular flexibility index (Phi) is 4.23. The number of hydrogen-bond acceptors (Lipinski definition) is 4. The molecule has 0 unspecified atom stereocenters. The molecule has 1 fully saturated rings. The number of pyridine rings is 1. The smallest absolute Gasteiger partial charge is 0.226 e. The lowest BCUT2D eigenvalue weighted by Gasteiger charge is -2.30. The Hall–Kier alpha value is -2.67. The molecule has 7 heteroatoms. The number of nitrogens with one attached hydrogen (secondary N) is 1. The minimum absolute atomic E-state index is 0.0223. The number of nitrogens with zero attached hydrogens (tertiary/aromatic N) is 4. The molecule has 1 saturated heterocycles. The zero-order valence-electron chi connectivity index (χ0n) is 14.1. The largest absolute Gasteiger partial charge is 0.371 e. The van der Waals surface area contributed by atoms with Gasteiger partial charge in [-0.15, -0.1) is 0 Å². The molecule has 0 bridgehead atoms. The lowest BCUT2D eigenvalue weighted by atomic mass is 9.91. The van der Waals surface area contributed by atoms with Gasteiger partial charge in [-0.05, 0) is 36.6 Å². The Morgan fingerprint density at radius 2 is 2.28 bits per heavy atom. The lowest BCUT2D eigenvalue weighted by molar-refractivity contribution is -0.135. The zero-order chi connectivity index (χ0) is 17.2. The Morgan fingerprint density at radius 1 is 1.36 bits per heavy atom. The molecule has 0 aliphatic carbocycles. The molecule has 0 saturated carbocycles. The second-order valence-electron chi connectivity index (χ2n) is 6.37. The number of ether oxygens (including phenoxy) is 1. The Morgan fingerprint density at radius 3 is 3.12 bits per heavy atom. The lowest BCUT2D eigenvalue weighted by Crippen LogP contribution is -2.37. The van der Waals surface area contributed by atoms with E-state index in [1.54, 1.807) is 17.1 Å². The van der Waals surface area contributed by atoms with Crippen LogP contribution in [0.15, 0.2) is 43.0 Å². The van der Waals surface area contributed by atoms with Crippen LogP contribution in [0.2, 0.25) is 0 Å². The van der Waals surface area contributed by atoms with Crippen molar-refractivity contribution in [3.63, 3.8) is 0 Å². The van der Waals surface area contributed by atoms with Gasteiger partial charge in [0, 0.05) is 45.0 Å². The first kappa shape index (κ1) is 15.8. The van der Waals surface area contributed by atoms with Crippen LogP contribution >= 0.6 is 0 Å². The minimum atomic E-state index is -0.240. The maximum atomic E-state index is 12.8. The number of aromatic nitrogens is 4. The van der Waals surface area contributed by atoms with Crippen molar-refractivity contribution in [3.05, 3.63) is 54.2 Å². The number of fused-ring (bicyclic) bond motifs is 1. The number of aryl methyl sites for hydroxylation is 1. The quantitative estimate of drug-likeness (QED) is 0.787. The van der Waals surface area contributed by atoms with Crippen LogP contribution in [0.3, 0.4) is 0 Å². The number of amides is 1. The first-order valence-corrected chi connectivity index (χ1v) is 8.51. The molecular formula is C18H21N5O2. The van der Waals surface area contributed by atoms with E-state index in [9.17, 15) is 4.79 Å². The summed E-state index contributed by atoms with van der Waals surface area (Å²) >= 11 is 0. The fraction of sp³-hybridized carbons (Fsp3) is 0.389. The van der Waals surface area contributed by atoms with E-state index in [1.807, 2.05) is 42.0 Å². The van der Waals surface area contributed by atoms with Crippen LogP contribution in [-0.2, 0) is 23.1 Å². The fourth-order valence-electron chi connectivity index (χ4n) is 3.39. The SMILES string of the molecule is Cn1nccc1[C@@H]1OCCC[C@H]1C(=O)NCc1ccn2ccnc2c1. The van der Waals surface area contributed by atoms with Crippen molar-refractivity contribution in [1.82, 2.24) is 24.5 Å². The average molecular weight is 339 g/mol. The van der Waals surface area contributed by atoms with Crippen molar-refractivity contribution < 1.29 is 9.53 Å². The Bertz CT molecular complexity index is 884. The summed E-state index contributed by atoms with van der Waals surface area (Å²) in [5.74, 6) is -0.173. The van der Waals surface area contributed by atoms with Gasteiger partial charge in [-0.2, -0.15) is 5.10 Å². The van der Waals surface area contributed by atoms with E-state index < -0.39 is 0 Å². The van der Waals surface area contributed by atoms with Crippen LogP contribution in [0.4, 0.5) is 0 Å². The molecule has 7 nitrogen and oxygen atoms in total. The fourth-order valence-corrected chi connectivity index (χ4v) is 3.39. The maximum absolute atomic E-state index is 12.8. The Balaban J connectivity index is 1.46. The molecule has 1 aliphatic rings. The highest BCUT2D eigenvalue weighted by atomic mass is 16.5. The highest BCUT2D eigenvalue weighted by Crippen LogP contribution is 2.33. The third-order valence-corrected chi connectivity index (χ3v) is 4.74. The summed E-state index contributed by atoms with van der Waals surface area (Å²) in [7, 11) is 1.88. The van der Waals surface area contributed by atoms with Crippen LogP contribution in [0, 0.1) is 5.92 Å². The summed E-state index contributed by atoms with van der Waals surface area (Å²) in [4.78, 5) is 17.0. The average Bonchev–Trinajstić information content (AvgIpc) is 3.27. The molecular weight excluding hydrogens is 318 g/mol. The monoisotopic (exact) mass is 339 g/mol. The predicted octanol–water partition coefficient (Wildman–Crippen LogP) is 1.85. The van der Waals surface area contributed by atoms with Gasteiger partial charge in [-0.25, -0.2) is 4.98 Å². The van der Waals surface area contributed by atoms with E-state index in [1.165, 1.54) is 0 Å². The molecule has 1 amide bonds. The molecule has 3 aromatic heterocycles. The molecule has 4 heterocycles. The first-order valence-electron chi connectivity index (χ1n) is 8.51. The normalized spacial score (nSPS) is 20.7. The van der Waals surface area contributed by atoms with E-state index in [0.29, 0.717) is 13.2 Å². The topological polar surface area (TPSA) is 73.5 Å². The van der Waals surface area contributed by atoms with Crippen molar-refractivity contribution in [2.75, 3.05) is 6.61 Å². The minimum Gasteiger partial charge on any atom is -0.371 e. The number of carbonyl (C=O) groups excluding carboxylic acids is 1. The summed E-state index contributed by atoms with van der Waals surface area (Å²) in [5, 5.41) is 7.25. The first-order chi connectivity index (χ1) is 12.2. The second kappa shape index (κ2) is 6.68. The van der Waals surface area contributed by atoms with Gasteiger partial charge in [0.25, 0.3) is 0 Å². The molecule has 0 aromatic carbocycles. The number of imidazole rings is 1. The summed E-state index contributed by atoms with van der Waals surface area (Å²) in [6.07, 6.45) is 8.82. The van der Waals surface area contributed by atoms with Crippen molar-refractivity contribution in [2.45, 2.75) is 25.5 Å². The van der Waals surface area contributed by atoms with Crippen molar-refractivity contribution in [3.8, 4) is 0 Å². The van der Waals surface area contributed by atoms with Crippen LogP contribution < -0.4 is 5.32 Å². The summed E-state index contributed by atoms with van der Waals surface area (Å²) < 4.78 is 9.62. The van der Waals surface area contributed by atoms with E-state index in [-0.39, 0.29) is 17.9 Å². The summed E-state index contributed by atoms with van der Waals surface area (Å²) in [5.41, 5.74) is 2.85. The molecule has 130 valence electrons. The van der Waals surface area contributed by atoms with Crippen molar-refractivity contribution in [1.29, 1.82) is 0 Å². The Labute approximate surface area is 145 Å². The zero-order valence-corrected chi connectivity index (χ0v) is 14.1. The van der Waals surface area contributed by atoms with Gasteiger partial charge in [0.1, 0.15) is 11.8 Å². The van der Waals surface area contributed by atoms with Gasteiger partial charge in [0.2, 0.25) is 5.91 Å². The number of carbonyl (C=O) groups is 1. The van der Waals surface area contributed by atoms with Crippen LogP contribution in [0.25, 0.3) is 5.65 Å². The highest BCUT2D eigenvalue weighted by molar-refractivity contribution is 5.79. The molecule has 25 heavy (non-hydrogen) atoms. The van der Waals surface area contributed by atoms with E-state index >= 15 is 0 Å². The van der Waals surface area contributed by atoms with Gasteiger partial charge in [0.05, 0.1) is 11.6 Å². The van der Waals surface area contributed by atoms with Crippen molar-refractivity contribution >= 4 is 11.6 Å². The predicted molar refractivity (Wildman–Crippen MR) is 91.7 cm³/mol. The molecule has 3 aromatic rings. The standard InChI is InChI=1S/C18H21N5O2/c1-22-15(4-6-21-22)17-14(3-2-10-25-17)18(24)20-12-13-5-8-23-9-7-19-16(23)11-13/h4-9,11,14,17H,2-3,10,12H2,1H3,(H,20,24)/t14-,17-/m1/s1. The van der Waals surface area contributed by atoms with E-state index in [4.69, 9.17) is 4.74 Å². The van der Waals surface area contributed by atoms with Crippen LogP contribution in [-0.4, -0.2) is 31.7 Å². The third kappa shape index (κ3) is 3.15. The number of hydrogen-bond donors (Lipinski definition) is 1. The van der Waals surface area contributed by atoms with Gasteiger partial charge >= 0.3 is 0 Å². The molecule has 0 spiro atoms. The van der Waals surface area contributed by atoms with Gasteiger partial charge in [-0.1, -0.05) is 0 Å². The molecule has 1 aliphatic heterocycles. The molecule has 0 radical (unpaired) electrons. The summed E-state index contributed by atoms with van der Waals surface area (Å²) in [6.45, 7) is 1.16. The van der Waals surface area contributed by atoms with Crippen LogP contribution in [0.5, 0.6) is 0 Å². The van der Waals surface area contributed by atoms with Gasteiger partial charge in [-0.3, -0.25) is 9.48 Å². The van der Waals surface area contributed by atoms with Crippen molar-refractivity contribution in [2.24, 2.45) is 13.0 Å². The second-order valence-corrected chi connectivity index (χ2v) is 6.37.